The van der Waals surface area contributed by atoms with E-state index in [0.29, 0.717) is 26.2 Å². The van der Waals surface area contributed by atoms with Gasteiger partial charge in [0.15, 0.2) is 5.96 Å². The average molecular weight is 409 g/mol. The van der Waals surface area contributed by atoms with Crippen molar-refractivity contribution in [3.63, 3.8) is 0 Å². The highest BCUT2D eigenvalue weighted by Gasteiger charge is 2.21. The minimum atomic E-state index is 0.197. The van der Waals surface area contributed by atoms with E-state index in [1.165, 1.54) is 10.4 Å². The topological polar surface area (TPSA) is 75.2 Å². The van der Waals surface area contributed by atoms with Crippen LogP contribution in [0.25, 0.3) is 0 Å². The maximum atomic E-state index is 12.4. The molecule has 1 saturated heterocycles. The molecule has 1 fully saturated rings. The van der Waals surface area contributed by atoms with Gasteiger partial charge in [0.1, 0.15) is 0 Å². The third-order valence-corrected chi connectivity index (χ3v) is 6.12. The van der Waals surface area contributed by atoms with Gasteiger partial charge in [-0.15, -0.1) is 11.3 Å². The molecule has 3 heterocycles. The third kappa shape index (κ3) is 6.46. The van der Waals surface area contributed by atoms with E-state index in [2.05, 4.69) is 27.1 Å². The smallest absolute Gasteiger partial charge is 0.224 e. The van der Waals surface area contributed by atoms with Gasteiger partial charge in [0.25, 0.3) is 0 Å². The van der Waals surface area contributed by atoms with Crippen molar-refractivity contribution in [3.8, 4) is 0 Å². The van der Waals surface area contributed by atoms with E-state index in [1.807, 2.05) is 4.90 Å². The Balaban J connectivity index is 1.23. The van der Waals surface area contributed by atoms with Crippen LogP contribution in [0.5, 0.6) is 0 Å². The van der Waals surface area contributed by atoms with Gasteiger partial charge in [0, 0.05) is 57.7 Å². The molecular weight excluding hydrogens is 376 g/mol. The lowest BCUT2D eigenvalue weighted by Gasteiger charge is -2.27. The molecule has 156 valence electrons. The van der Waals surface area contributed by atoms with Gasteiger partial charge >= 0.3 is 0 Å². The zero-order valence-electron chi connectivity index (χ0n) is 16.7. The number of guanidine groups is 1. The number of carbonyl (C=O) groups excluding carboxylic acids is 1. The largest absolute Gasteiger partial charge is 0.379 e. The minimum absolute atomic E-state index is 0.197. The lowest BCUT2D eigenvalue weighted by molar-refractivity contribution is -0.131. The van der Waals surface area contributed by atoms with Crippen molar-refractivity contribution in [2.45, 2.75) is 44.8 Å². The summed E-state index contributed by atoms with van der Waals surface area (Å²) in [6, 6.07) is 2.13. The van der Waals surface area contributed by atoms with Crippen LogP contribution < -0.4 is 10.6 Å². The molecule has 0 spiro atoms. The molecule has 2 N–H and O–H groups in total. The molecule has 2 aliphatic heterocycles. The molecule has 8 heteroatoms. The molecular formula is C20H32N4O3S. The lowest BCUT2D eigenvalue weighted by Crippen LogP contribution is -2.41. The molecule has 0 aromatic carbocycles. The molecule has 1 aromatic rings. The van der Waals surface area contributed by atoms with E-state index in [9.17, 15) is 4.79 Å². The number of amides is 1. The molecule has 0 saturated carbocycles. The van der Waals surface area contributed by atoms with E-state index in [4.69, 9.17) is 9.47 Å². The first-order chi connectivity index (χ1) is 13.8. The maximum absolute atomic E-state index is 12.4. The van der Waals surface area contributed by atoms with Gasteiger partial charge < -0.3 is 25.0 Å². The van der Waals surface area contributed by atoms with Crippen LogP contribution in [0.1, 0.15) is 36.1 Å². The first-order valence-electron chi connectivity index (χ1n) is 10.2. The van der Waals surface area contributed by atoms with Crippen LogP contribution >= 0.6 is 11.3 Å². The predicted molar refractivity (Wildman–Crippen MR) is 112 cm³/mol. The van der Waals surface area contributed by atoms with E-state index < -0.39 is 0 Å². The molecule has 7 nitrogen and oxygen atoms in total. The molecule has 3 rings (SSSR count). The van der Waals surface area contributed by atoms with Crippen LogP contribution in [0.2, 0.25) is 0 Å². The number of thiophene rings is 1. The van der Waals surface area contributed by atoms with E-state index >= 15 is 0 Å². The number of nitrogens with one attached hydrogen (secondary N) is 2. The van der Waals surface area contributed by atoms with E-state index in [0.717, 1.165) is 57.9 Å². The fraction of sp³-hybridized carbons (Fsp3) is 0.700. The van der Waals surface area contributed by atoms with Crippen LogP contribution in [0.15, 0.2) is 16.4 Å². The summed E-state index contributed by atoms with van der Waals surface area (Å²) in [5, 5.41) is 8.60. The maximum Gasteiger partial charge on any atom is 0.224 e. The molecule has 0 radical (unpaired) electrons. The average Bonchev–Trinajstić information content (AvgIpc) is 3.40. The third-order valence-electron chi connectivity index (χ3n) is 5.10. The Bertz CT molecular complexity index is 643. The zero-order chi connectivity index (χ0) is 19.6. The second-order valence-electron chi connectivity index (χ2n) is 7.17. The zero-order valence-corrected chi connectivity index (χ0v) is 17.6. The van der Waals surface area contributed by atoms with Gasteiger partial charge in [0.2, 0.25) is 5.91 Å². The van der Waals surface area contributed by atoms with Gasteiger partial charge in [-0.2, -0.15) is 0 Å². The Hall–Kier alpha value is -1.64. The van der Waals surface area contributed by atoms with Crippen LogP contribution in [0, 0.1) is 0 Å². The first kappa shape index (κ1) is 21.1. The van der Waals surface area contributed by atoms with Gasteiger partial charge in [0.05, 0.1) is 12.7 Å². The summed E-state index contributed by atoms with van der Waals surface area (Å²) in [7, 11) is 1.74. The Labute approximate surface area is 171 Å². The summed E-state index contributed by atoms with van der Waals surface area (Å²) in [6.45, 7) is 5.21. The SMILES string of the molecule is CN=C(NCCCOCC1CCCO1)NCCC(=O)N1CCc2sccc2C1. The lowest BCUT2D eigenvalue weighted by atomic mass is 10.1. The Kier molecular flexibility index (Phi) is 8.57. The van der Waals surface area contributed by atoms with Gasteiger partial charge in [-0.3, -0.25) is 9.79 Å². The standard InChI is InChI=1S/C20H32N4O3S/c1-21-20(22-8-3-11-26-15-17-4-2-12-27-17)23-9-5-19(25)24-10-6-18-16(14-24)7-13-28-18/h7,13,17H,2-6,8-12,14-15H2,1H3,(H2,21,22,23). The summed E-state index contributed by atoms with van der Waals surface area (Å²) in [5.41, 5.74) is 1.30. The summed E-state index contributed by atoms with van der Waals surface area (Å²) in [6.07, 6.45) is 4.90. The van der Waals surface area contributed by atoms with E-state index in [1.54, 1.807) is 18.4 Å². The van der Waals surface area contributed by atoms with Gasteiger partial charge in [-0.1, -0.05) is 0 Å². The van der Waals surface area contributed by atoms with Crippen molar-refractivity contribution in [2.75, 3.05) is 46.5 Å². The fourth-order valence-electron chi connectivity index (χ4n) is 3.50. The number of fused-ring (bicyclic) bond motifs is 1. The molecule has 1 amide bonds. The number of carbonyl (C=O) groups is 1. The molecule has 0 bridgehead atoms. The fourth-order valence-corrected chi connectivity index (χ4v) is 4.39. The van der Waals surface area contributed by atoms with Crippen LogP contribution in [0.4, 0.5) is 0 Å². The molecule has 1 aromatic heterocycles. The number of hydrogen-bond acceptors (Lipinski definition) is 5. The highest BCUT2D eigenvalue weighted by molar-refractivity contribution is 7.10. The van der Waals surface area contributed by atoms with E-state index in [-0.39, 0.29) is 12.0 Å². The van der Waals surface area contributed by atoms with Crippen molar-refractivity contribution in [2.24, 2.45) is 4.99 Å². The molecule has 28 heavy (non-hydrogen) atoms. The summed E-state index contributed by atoms with van der Waals surface area (Å²) in [4.78, 5) is 20.0. The number of nitrogens with zero attached hydrogens (tertiary/aromatic N) is 2. The van der Waals surface area contributed by atoms with Crippen LogP contribution in [-0.2, 0) is 27.2 Å². The highest BCUT2D eigenvalue weighted by Crippen LogP contribution is 2.24. The quantitative estimate of drug-likeness (QED) is 0.370. The van der Waals surface area contributed by atoms with Gasteiger partial charge in [-0.05, 0) is 42.7 Å². The molecule has 1 unspecified atom stereocenters. The van der Waals surface area contributed by atoms with Crippen molar-refractivity contribution >= 4 is 23.2 Å². The van der Waals surface area contributed by atoms with Crippen molar-refractivity contribution in [3.05, 3.63) is 21.9 Å². The molecule has 1 atom stereocenters. The van der Waals surface area contributed by atoms with Crippen molar-refractivity contribution in [1.82, 2.24) is 15.5 Å². The Morgan fingerprint density at radius 1 is 1.43 bits per heavy atom. The Morgan fingerprint density at radius 3 is 3.14 bits per heavy atom. The number of aliphatic imine (C=N–C) groups is 1. The Morgan fingerprint density at radius 2 is 2.32 bits per heavy atom. The van der Waals surface area contributed by atoms with Crippen molar-refractivity contribution < 1.29 is 14.3 Å². The number of rotatable bonds is 9. The normalized spacial score (nSPS) is 19.5. The van der Waals surface area contributed by atoms with Gasteiger partial charge in [-0.25, -0.2) is 0 Å². The summed E-state index contributed by atoms with van der Waals surface area (Å²) >= 11 is 1.79. The summed E-state index contributed by atoms with van der Waals surface area (Å²) in [5.74, 6) is 0.924. The molecule has 2 aliphatic rings. The number of hydrogen-bond donors (Lipinski definition) is 2. The number of ether oxygens (including phenoxy) is 2. The summed E-state index contributed by atoms with van der Waals surface area (Å²) < 4.78 is 11.2. The first-order valence-corrected chi connectivity index (χ1v) is 11.1. The second kappa shape index (κ2) is 11.4. The second-order valence-corrected chi connectivity index (χ2v) is 8.17. The highest BCUT2D eigenvalue weighted by atomic mass is 32.1. The minimum Gasteiger partial charge on any atom is -0.379 e. The van der Waals surface area contributed by atoms with Crippen molar-refractivity contribution in [1.29, 1.82) is 0 Å². The monoisotopic (exact) mass is 408 g/mol. The predicted octanol–water partition coefficient (Wildman–Crippen LogP) is 1.77. The van der Waals surface area contributed by atoms with Crippen LogP contribution in [0.3, 0.4) is 0 Å². The molecule has 0 aliphatic carbocycles. The van der Waals surface area contributed by atoms with Crippen LogP contribution in [-0.4, -0.2) is 69.4 Å².